The Morgan fingerprint density at radius 1 is 1.33 bits per heavy atom. The largest absolute Gasteiger partial charge is 0.398 e. The van der Waals surface area contributed by atoms with E-state index in [2.05, 4.69) is 4.72 Å². The minimum absolute atomic E-state index is 0.0411. The number of halogens is 1. The maximum atomic E-state index is 13.5. The van der Waals surface area contributed by atoms with Crippen molar-refractivity contribution in [1.29, 1.82) is 0 Å². The van der Waals surface area contributed by atoms with Crippen molar-refractivity contribution < 1.29 is 12.8 Å². The van der Waals surface area contributed by atoms with Crippen molar-refractivity contribution in [1.82, 2.24) is 4.72 Å². The van der Waals surface area contributed by atoms with Crippen LogP contribution >= 0.6 is 0 Å². The average molecular weight is 272 g/mol. The highest BCUT2D eigenvalue weighted by molar-refractivity contribution is 7.89. The molecule has 0 heterocycles. The van der Waals surface area contributed by atoms with Crippen LogP contribution < -0.4 is 10.5 Å². The van der Waals surface area contributed by atoms with Gasteiger partial charge in [-0.3, -0.25) is 0 Å². The summed E-state index contributed by atoms with van der Waals surface area (Å²) in [6, 6.07) is 2.28. The molecule has 0 atom stereocenters. The molecule has 1 fully saturated rings. The van der Waals surface area contributed by atoms with E-state index in [0.29, 0.717) is 0 Å². The highest BCUT2D eigenvalue weighted by atomic mass is 32.2. The lowest BCUT2D eigenvalue weighted by molar-refractivity contribution is 0.550. The van der Waals surface area contributed by atoms with Crippen LogP contribution in [0.2, 0.25) is 0 Å². The zero-order valence-electron chi connectivity index (χ0n) is 10.2. The molecule has 18 heavy (non-hydrogen) atoms. The van der Waals surface area contributed by atoms with Gasteiger partial charge in [-0.15, -0.1) is 0 Å². The lowest BCUT2D eigenvalue weighted by atomic mass is 10.2. The second-order valence-corrected chi connectivity index (χ2v) is 6.44. The summed E-state index contributed by atoms with van der Waals surface area (Å²) in [5, 5.41) is 0. The fourth-order valence-electron chi connectivity index (χ4n) is 2.16. The molecular formula is C12H17FN2O2S. The van der Waals surface area contributed by atoms with E-state index in [1.54, 1.807) is 0 Å². The molecule has 0 amide bonds. The molecule has 1 aliphatic rings. The van der Waals surface area contributed by atoms with Gasteiger partial charge < -0.3 is 5.73 Å². The van der Waals surface area contributed by atoms with E-state index in [0.717, 1.165) is 31.7 Å². The molecule has 0 saturated heterocycles. The van der Waals surface area contributed by atoms with Gasteiger partial charge >= 0.3 is 0 Å². The predicted molar refractivity (Wildman–Crippen MR) is 68.1 cm³/mol. The molecule has 0 unspecified atom stereocenters. The summed E-state index contributed by atoms with van der Waals surface area (Å²) in [5.74, 6) is -0.596. The van der Waals surface area contributed by atoms with E-state index in [-0.39, 0.29) is 22.2 Å². The number of nitrogens with one attached hydrogen (secondary N) is 1. The molecule has 2 rings (SSSR count). The summed E-state index contributed by atoms with van der Waals surface area (Å²) >= 11 is 0. The number of benzene rings is 1. The SMILES string of the molecule is Cc1c(N)cc(S(=O)(=O)NC2CCCC2)cc1F. The van der Waals surface area contributed by atoms with E-state index in [9.17, 15) is 12.8 Å². The minimum Gasteiger partial charge on any atom is -0.398 e. The maximum Gasteiger partial charge on any atom is 0.240 e. The van der Waals surface area contributed by atoms with Crippen molar-refractivity contribution in [2.24, 2.45) is 0 Å². The van der Waals surface area contributed by atoms with Crippen molar-refractivity contribution in [3.8, 4) is 0 Å². The highest BCUT2D eigenvalue weighted by Crippen LogP contribution is 2.23. The van der Waals surface area contributed by atoms with Crippen LogP contribution in [0.3, 0.4) is 0 Å². The van der Waals surface area contributed by atoms with Gasteiger partial charge in [0.2, 0.25) is 10.0 Å². The first-order valence-electron chi connectivity index (χ1n) is 5.98. The van der Waals surface area contributed by atoms with Crippen molar-refractivity contribution >= 4 is 15.7 Å². The van der Waals surface area contributed by atoms with Gasteiger partial charge in [-0.25, -0.2) is 17.5 Å². The van der Waals surface area contributed by atoms with Crippen LogP contribution in [0, 0.1) is 12.7 Å². The summed E-state index contributed by atoms with van der Waals surface area (Å²) in [6.45, 7) is 1.52. The molecule has 0 aliphatic heterocycles. The van der Waals surface area contributed by atoms with Gasteiger partial charge in [0.1, 0.15) is 5.82 Å². The Bertz CT molecular complexity index is 528. The van der Waals surface area contributed by atoms with E-state index in [1.165, 1.54) is 13.0 Å². The molecule has 1 aliphatic carbocycles. The second-order valence-electron chi connectivity index (χ2n) is 4.72. The molecule has 1 aromatic rings. The Morgan fingerprint density at radius 3 is 2.50 bits per heavy atom. The van der Waals surface area contributed by atoms with E-state index >= 15 is 0 Å². The van der Waals surface area contributed by atoms with Crippen LogP contribution in [-0.2, 0) is 10.0 Å². The Hall–Kier alpha value is -1.14. The van der Waals surface area contributed by atoms with Crippen molar-refractivity contribution in [3.05, 3.63) is 23.5 Å². The third-order valence-corrected chi connectivity index (χ3v) is 4.85. The normalized spacial score (nSPS) is 17.2. The van der Waals surface area contributed by atoms with Gasteiger partial charge in [0.25, 0.3) is 0 Å². The average Bonchev–Trinajstić information content (AvgIpc) is 2.77. The topological polar surface area (TPSA) is 72.2 Å². The Morgan fingerprint density at radius 2 is 1.94 bits per heavy atom. The summed E-state index contributed by atoms with van der Waals surface area (Å²) < 4.78 is 40.2. The van der Waals surface area contributed by atoms with E-state index < -0.39 is 15.8 Å². The van der Waals surface area contributed by atoms with Crippen LogP contribution in [-0.4, -0.2) is 14.5 Å². The standard InChI is InChI=1S/C12H17FN2O2S/c1-8-11(13)6-10(7-12(8)14)18(16,17)15-9-4-2-3-5-9/h6-7,9,15H,2-5,14H2,1H3. The molecule has 0 spiro atoms. The molecule has 0 radical (unpaired) electrons. The third-order valence-electron chi connectivity index (χ3n) is 3.35. The molecular weight excluding hydrogens is 255 g/mol. The van der Waals surface area contributed by atoms with Gasteiger partial charge in [0.15, 0.2) is 0 Å². The van der Waals surface area contributed by atoms with Crippen LogP contribution in [0.25, 0.3) is 0 Å². The number of hydrogen-bond donors (Lipinski definition) is 2. The first-order chi connectivity index (χ1) is 8.40. The summed E-state index contributed by atoms with van der Waals surface area (Å²) in [7, 11) is -3.68. The fraction of sp³-hybridized carbons (Fsp3) is 0.500. The van der Waals surface area contributed by atoms with Gasteiger partial charge in [0, 0.05) is 17.3 Å². The minimum atomic E-state index is -3.68. The highest BCUT2D eigenvalue weighted by Gasteiger charge is 2.24. The number of nitrogens with two attached hydrogens (primary N) is 1. The van der Waals surface area contributed by atoms with Crippen LogP contribution in [0.1, 0.15) is 31.2 Å². The second kappa shape index (κ2) is 4.85. The molecule has 1 aromatic carbocycles. The van der Waals surface area contributed by atoms with E-state index in [4.69, 9.17) is 5.73 Å². The summed E-state index contributed by atoms with van der Waals surface area (Å²) in [4.78, 5) is -0.102. The van der Waals surface area contributed by atoms with Crippen LogP contribution in [0.4, 0.5) is 10.1 Å². The van der Waals surface area contributed by atoms with Crippen molar-refractivity contribution in [3.63, 3.8) is 0 Å². The zero-order valence-corrected chi connectivity index (χ0v) is 11.1. The third kappa shape index (κ3) is 2.64. The zero-order chi connectivity index (χ0) is 13.3. The summed E-state index contributed by atoms with van der Waals surface area (Å²) in [5.41, 5.74) is 6.02. The van der Waals surface area contributed by atoms with Gasteiger partial charge in [-0.1, -0.05) is 12.8 Å². The Labute approximate surface area is 106 Å². The maximum absolute atomic E-state index is 13.5. The number of sulfonamides is 1. The first kappa shape index (κ1) is 13.3. The van der Waals surface area contributed by atoms with E-state index in [1.807, 2.05) is 0 Å². The van der Waals surface area contributed by atoms with Crippen molar-refractivity contribution in [2.45, 2.75) is 43.5 Å². The molecule has 3 N–H and O–H groups in total. The monoisotopic (exact) mass is 272 g/mol. The van der Waals surface area contributed by atoms with Gasteiger partial charge in [0.05, 0.1) is 4.90 Å². The predicted octanol–water partition coefficient (Wildman–Crippen LogP) is 1.94. The molecule has 100 valence electrons. The molecule has 0 aromatic heterocycles. The molecule has 6 heteroatoms. The smallest absolute Gasteiger partial charge is 0.240 e. The van der Waals surface area contributed by atoms with Gasteiger partial charge in [-0.2, -0.15) is 0 Å². The Kier molecular flexibility index (Phi) is 3.59. The fourth-order valence-corrected chi connectivity index (χ4v) is 3.51. The Balaban J connectivity index is 2.29. The lowest BCUT2D eigenvalue weighted by Crippen LogP contribution is -2.32. The first-order valence-corrected chi connectivity index (χ1v) is 7.46. The number of nitrogen functional groups attached to an aromatic ring is 1. The molecule has 4 nitrogen and oxygen atoms in total. The van der Waals surface area contributed by atoms with Crippen LogP contribution in [0.15, 0.2) is 17.0 Å². The lowest BCUT2D eigenvalue weighted by Gasteiger charge is -2.13. The van der Waals surface area contributed by atoms with Gasteiger partial charge in [-0.05, 0) is 31.9 Å². The summed E-state index contributed by atoms with van der Waals surface area (Å²) in [6.07, 6.45) is 3.72. The number of anilines is 1. The van der Waals surface area contributed by atoms with Crippen LogP contribution in [0.5, 0.6) is 0 Å². The quantitative estimate of drug-likeness (QED) is 0.826. The molecule has 0 bridgehead atoms. The molecule has 1 saturated carbocycles. The number of rotatable bonds is 3. The number of hydrogen-bond acceptors (Lipinski definition) is 3. The van der Waals surface area contributed by atoms with Crippen molar-refractivity contribution in [2.75, 3.05) is 5.73 Å².